The maximum absolute atomic E-state index is 12.4. The highest BCUT2D eigenvalue weighted by atomic mass is 32.2. The standard InChI is InChI=1S/C17H18N2O3S/c1-2-12-3-5-13(6-4-12)11-18-23(21,22)15-7-8-16-14(9-15)10-17(20)19-16/h3-9,18H,2,10-11H2,1H3,(H,19,20). The van der Waals surface area contributed by atoms with Gasteiger partial charge in [0.25, 0.3) is 0 Å². The molecule has 0 saturated carbocycles. The smallest absolute Gasteiger partial charge is 0.240 e. The molecule has 1 heterocycles. The van der Waals surface area contributed by atoms with Crippen LogP contribution in [0, 0.1) is 0 Å². The van der Waals surface area contributed by atoms with Crippen molar-refractivity contribution in [3.05, 3.63) is 59.2 Å². The zero-order valence-electron chi connectivity index (χ0n) is 12.8. The van der Waals surface area contributed by atoms with Crippen LogP contribution < -0.4 is 10.0 Å². The molecule has 0 atom stereocenters. The van der Waals surface area contributed by atoms with Crippen LogP contribution in [0.2, 0.25) is 0 Å². The molecule has 1 amide bonds. The molecule has 120 valence electrons. The molecule has 0 aromatic heterocycles. The van der Waals surface area contributed by atoms with Gasteiger partial charge < -0.3 is 5.32 Å². The molecule has 0 unspecified atom stereocenters. The van der Waals surface area contributed by atoms with Crippen molar-refractivity contribution in [1.82, 2.24) is 4.72 Å². The van der Waals surface area contributed by atoms with E-state index in [2.05, 4.69) is 17.0 Å². The number of rotatable bonds is 5. The molecule has 0 saturated heterocycles. The van der Waals surface area contributed by atoms with Gasteiger partial charge in [-0.15, -0.1) is 0 Å². The number of hydrogen-bond acceptors (Lipinski definition) is 3. The van der Waals surface area contributed by atoms with Gasteiger partial charge in [-0.25, -0.2) is 13.1 Å². The molecule has 2 aromatic carbocycles. The van der Waals surface area contributed by atoms with E-state index < -0.39 is 10.0 Å². The molecule has 2 N–H and O–H groups in total. The second-order valence-electron chi connectivity index (χ2n) is 5.54. The van der Waals surface area contributed by atoms with E-state index in [0.29, 0.717) is 11.3 Å². The van der Waals surface area contributed by atoms with Crippen molar-refractivity contribution >= 4 is 21.6 Å². The van der Waals surface area contributed by atoms with Gasteiger partial charge >= 0.3 is 0 Å². The highest BCUT2D eigenvalue weighted by molar-refractivity contribution is 7.89. The van der Waals surface area contributed by atoms with E-state index in [4.69, 9.17) is 0 Å². The topological polar surface area (TPSA) is 75.3 Å². The Bertz CT molecular complexity index is 843. The number of benzene rings is 2. The first kappa shape index (κ1) is 15.7. The van der Waals surface area contributed by atoms with E-state index in [1.54, 1.807) is 12.1 Å². The minimum absolute atomic E-state index is 0.112. The van der Waals surface area contributed by atoms with Crippen LogP contribution in [-0.4, -0.2) is 14.3 Å². The lowest BCUT2D eigenvalue weighted by atomic mass is 10.1. The van der Waals surface area contributed by atoms with E-state index in [9.17, 15) is 13.2 Å². The molecule has 1 aliphatic heterocycles. The van der Waals surface area contributed by atoms with Gasteiger partial charge in [-0.1, -0.05) is 31.2 Å². The lowest BCUT2D eigenvalue weighted by molar-refractivity contribution is -0.115. The fourth-order valence-electron chi connectivity index (χ4n) is 2.53. The van der Waals surface area contributed by atoms with E-state index in [1.165, 1.54) is 11.6 Å². The lowest BCUT2D eigenvalue weighted by Gasteiger charge is -2.09. The molecule has 0 aliphatic carbocycles. The maximum atomic E-state index is 12.4. The zero-order valence-corrected chi connectivity index (χ0v) is 13.6. The quantitative estimate of drug-likeness (QED) is 0.883. The number of fused-ring (bicyclic) bond motifs is 1. The van der Waals surface area contributed by atoms with Crippen LogP contribution in [-0.2, 0) is 34.2 Å². The maximum Gasteiger partial charge on any atom is 0.240 e. The number of aryl methyl sites for hydroxylation is 1. The number of carbonyl (C=O) groups excluding carboxylic acids is 1. The van der Waals surface area contributed by atoms with E-state index in [0.717, 1.165) is 12.0 Å². The molecule has 1 aliphatic rings. The molecule has 6 heteroatoms. The average molecular weight is 330 g/mol. The Hall–Kier alpha value is -2.18. The number of amides is 1. The summed E-state index contributed by atoms with van der Waals surface area (Å²) in [6.07, 6.45) is 1.17. The van der Waals surface area contributed by atoms with E-state index in [1.807, 2.05) is 24.3 Å². The van der Waals surface area contributed by atoms with E-state index in [-0.39, 0.29) is 23.8 Å². The predicted octanol–water partition coefficient (Wildman–Crippen LogP) is 2.22. The summed E-state index contributed by atoms with van der Waals surface area (Å²) in [7, 11) is -3.60. The van der Waals surface area contributed by atoms with Crippen LogP contribution in [0.15, 0.2) is 47.4 Å². The lowest BCUT2D eigenvalue weighted by Crippen LogP contribution is -2.23. The summed E-state index contributed by atoms with van der Waals surface area (Å²) < 4.78 is 27.4. The van der Waals surface area contributed by atoms with Gasteiger partial charge in [0.1, 0.15) is 0 Å². The Morgan fingerprint density at radius 1 is 1.09 bits per heavy atom. The molecule has 0 fully saturated rings. The van der Waals surface area contributed by atoms with Crippen molar-refractivity contribution in [2.75, 3.05) is 5.32 Å². The molecule has 0 spiro atoms. The van der Waals surface area contributed by atoms with Gasteiger partial charge in [0.2, 0.25) is 15.9 Å². The summed E-state index contributed by atoms with van der Waals surface area (Å²) in [6.45, 7) is 2.31. The van der Waals surface area contributed by atoms with Crippen LogP contribution in [0.4, 0.5) is 5.69 Å². The second-order valence-corrected chi connectivity index (χ2v) is 7.31. The predicted molar refractivity (Wildman–Crippen MR) is 88.6 cm³/mol. The fourth-order valence-corrected chi connectivity index (χ4v) is 3.60. The normalized spacial score (nSPS) is 13.7. The van der Waals surface area contributed by atoms with Crippen molar-refractivity contribution in [3.63, 3.8) is 0 Å². The molecule has 3 rings (SSSR count). The molecule has 2 aromatic rings. The summed E-state index contributed by atoms with van der Waals surface area (Å²) >= 11 is 0. The van der Waals surface area contributed by atoms with Crippen molar-refractivity contribution in [2.24, 2.45) is 0 Å². The second kappa shape index (κ2) is 6.14. The Morgan fingerprint density at radius 3 is 2.48 bits per heavy atom. The summed E-state index contributed by atoms with van der Waals surface area (Å²) in [6, 6.07) is 12.5. The summed E-state index contributed by atoms with van der Waals surface area (Å²) in [4.78, 5) is 11.5. The first-order valence-corrected chi connectivity index (χ1v) is 8.96. The highest BCUT2D eigenvalue weighted by Gasteiger charge is 2.21. The largest absolute Gasteiger partial charge is 0.326 e. The van der Waals surface area contributed by atoms with Gasteiger partial charge in [0, 0.05) is 12.2 Å². The minimum Gasteiger partial charge on any atom is -0.326 e. The van der Waals surface area contributed by atoms with Crippen LogP contribution in [0.3, 0.4) is 0 Å². The fraction of sp³-hybridized carbons (Fsp3) is 0.235. The first-order valence-electron chi connectivity index (χ1n) is 7.48. The number of hydrogen-bond donors (Lipinski definition) is 2. The third-order valence-electron chi connectivity index (χ3n) is 3.91. The van der Waals surface area contributed by atoms with Crippen LogP contribution in [0.1, 0.15) is 23.6 Å². The summed E-state index contributed by atoms with van der Waals surface area (Å²) in [5.74, 6) is -0.112. The number of sulfonamides is 1. The van der Waals surface area contributed by atoms with Crippen LogP contribution >= 0.6 is 0 Å². The molecule has 0 radical (unpaired) electrons. The molecule has 0 bridgehead atoms. The van der Waals surface area contributed by atoms with Crippen LogP contribution in [0.25, 0.3) is 0 Å². The van der Waals surface area contributed by atoms with Gasteiger partial charge in [0.15, 0.2) is 0 Å². The van der Waals surface area contributed by atoms with Crippen molar-refractivity contribution in [2.45, 2.75) is 31.2 Å². The van der Waals surface area contributed by atoms with E-state index >= 15 is 0 Å². The summed E-state index contributed by atoms with van der Waals surface area (Å²) in [5, 5.41) is 2.69. The Labute approximate surface area is 135 Å². The summed E-state index contributed by atoms with van der Waals surface area (Å²) in [5.41, 5.74) is 3.52. The number of anilines is 1. The Balaban J connectivity index is 1.74. The van der Waals surface area contributed by atoms with Gasteiger partial charge in [-0.3, -0.25) is 4.79 Å². The molecular formula is C17H18N2O3S. The van der Waals surface area contributed by atoms with Gasteiger partial charge in [-0.2, -0.15) is 0 Å². The third kappa shape index (κ3) is 3.43. The van der Waals surface area contributed by atoms with Crippen molar-refractivity contribution < 1.29 is 13.2 Å². The number of carbonyl (C=O) groups is 1. The monoisotopic (exact) mass is 330 g/mol. The Kier molecular flexibility index (Phi) is 4.19. The first-order chi connectivity index (χ1) is 11.0. The van der Waals surface area contributed by atoms with Crippen molar-refractivity contribution in [3.8, 4) is 0 Å². The minimum atomic E-state index is -3.60. The number of nitrogens with one attached hydrogen (secondary N) is 2. The zero-order chi connectivity index (χ0) is 16.4. The van der Waals surface area contributed by atoms with Gasteiger partial charge in [-0.05, 0) is 41.3 Å². The van der Waals surface area contributed by atoms with Crippen LogP contribution in [0.5, 0.6) is 0 Å². The SMILES string of the molecule is CCc1ccc(CNS(=O)(=O)c2ccc3c(c2)CC(=O)N3)cc1. The highest BCUT2D eigenvalue weighted by Crippen LogP contribution is 2.25. The van der Waals surface area contributed by atoms with Crippen molar-refractivity contribution in [1.29, 1.82) is 0 Å². The average Bonchev–Trinajstić information content (AvgIpc) is 2.92. The molecular weight excluding hydrogens is 312 g/mol. The molecule has 5 nitrogen and oxygen atoms in total. The Morgan fingerprint density at radius 2 is 1.78 bits per heavy atom. The van der Waals surface area contributed by atoms with Gasteiger partial charge in [0.05, 0.1) is 11.3 Å². The molecule has 23 heavy (non-hydrogen) atoms. The third-order valence-corrected chi connectivity index (χ3v) is 5.31.